The Bertz CT molecular complexity index is 489. The van der Waals surface area contributed by atoms with Crippen molar-refractivity contribution in [1.29, 1.82) is 0 Å². The first-order valence-electron chi connectivity index (χ1n) is 5.67. The molecule has 0 spiro atoms. The number of carbonyl (C=O) groups excluding carboxylic acids is 1. The Balaban J connectivity index is 2.30. The number of halogens is 4. The van der Waals surface area contributed by atoms with Crippen molar-refractivity contribution in [2.45, 2.75) is 25.3 Å². The predicted octanol–water partition coefficient (Wildman–Crippen LogP) is 2.21. The van der Waals surface area contributed by atoms with Gasteiger partial charge in [-0.05, 0) is 24.6 Å². The van der Waals surface area contributed by atoms with Crippen molar-refractivity contribution in [3.63, 3.8) is 0 Å². The number of alkyl halides is 3. The van der Waals surface area contributed by atoms with Crippen LogP contribution in [0.25, 0.3) is 0 Å². The van der Waals surface area contributed by atoms with E-state index in [1.54, 1.807) is 0 Å². The summed E-state index contributed by atoms with van der Waals surface area (Å²) < 4.78 is 50.6. The van der Waals surface area contributed by atoms with Crippen molar-refractivity contribution < 1.29 is 22.4 Å². The van der Waals surface area contributed by atoms with Crippen LogP contribution in [0.15, 0.2) is 24.3 Å². The molecular weight excluding hydrogens is 264 g/mol. The van der Waals surface area contributed by atoms with Crippen LogP contribution in [0.1, 0.15) is 18.7 Å². The highest BCUT2D eigenvalue weighted by atomic mass is 19.4. The van der Waals surface area contributed by atoms with Crippen LogP contribution >= 0.6 is 0 Å². The van der Waals surface area contributed by atoms with E-state index in [4.69, 9.17) is 0 Å². The monoisotopic (exact) mass is 276 g/mol. The normalized spacial score (nSPS) is 24.1. The van der Waals surface area contributed by atoms with E-state index in [2.05, 4.69) is 5.32 Å². The predicted molar refractivity (Wildman–Crippen MR) is 59.5 cm³/mol. The first-order chi connectivity index (χ1) is 8.78. The number of nitrogens with zero attached hydrogens (tertiary/aromatic N) is 1. The molecule has 104 valence electrons. The van der Waals surface area contributed by atoms with Gasteiger partial charge in [-0.2, -0.15) is 13.2 Å². The molecule has 1 amide bonds. The summed E-state index contributed by atoms with van der Waals surface area (Å²) in [5, 5.41) is 2.73. The Morgan fingerprint density at radius 3 is 2.63 bits per heavy atom. The van der Waals surface area contributed by atoms with Gasteiger partial charge < -0.3 is 4.90 Å². The van der Waals surface area contributed by atoms with Crippen LogP contribution in [-0.4, -0.2) is 29.6 Å². The molecule has 7 heteroatoms. The smallest absolute Gasteiger partial charge is 0.312 e. The molecule has 1 saturated heterocycles. The van der Waals surface area contributed by atoms with E-state index in [0.717, 1.165) is 6.07 Å². The summed E-state index contributed by atoms with van der Waals surface area (Å²) in [7, 11) is 0. The minimum Gasteiger partial charge on any atom is -0.312 e. The van der Waals surface area contributed by atoms with E-state index >= 15 is 0 Å². The molecule has 0 bridgehead atoms. The van der Waals surface area contributed by atoms with Crippen LogP contribution in [0.2, 0.25) is 0 Å². The summed E-state index contributed by atoms with van der Waals surface area (Å²) in [6, 6.07) is 4.46. The second-order valence-corrected chi connectivity index (χ2v) is 4.43. The maximum absolute atomic E-state index is 13.1. The molecule has 19 heavy (non-hydrogen) atoms. The van der Waals surface area contributed by atoms with E-state index in [0.29, 0.717) is 10.5 Å². The minimum absolute atomic E-state index is 0.293. The van der Waals surface area contributed by atoms with Gasteiger partial charge >= 0.3 is 6.18 Å². The van der Waals surface area contributed by atoms with E-state index in [-0.39, 0.29) is 0 Å². The summed E-state index contributed by atoms with van der Waals surface area (Å²) in [5.41, 5.74) is 0.293. The molecule has 2 atom stereocenters. The van der Waals surface area contributed by atoms with Crippen molar-refractivity contribution in [3.05, 3.63) is 35.6 Å². The maximum atomic E-state index is 13.1. The molecular formula is C12H12F4N2O. The van der Waals surface area contributed by atoms with E-state index in [1.165, 1.54) is 25.1 Å². The van der Waals surface area contributed by atoms with Gasteiger partial charge in [-0.15, -0.1) is 0 Å². The van der Waals surface area contributed by atoms with Crippen molar-refractivity contribution in [1.82, 2.24) is 10.2 Å². The first-order valence-corrected chi connectivity index (χ1v) is 5.67. The average molecular weight is 276 g/mol. The van der Waals surface area contributed by atoms with E-state index < -0.39 is 36.7 Å². The average Bonchev–Trinajstić information content (AvgIpc) is 2.55. The molecule has 0 radical (unpaired) electrons. The number of nitrogens with one attached hydrogen (secondary N) is 1. The molecule has 3 nitrogen and oxygen atoms in total. The van der Waals surface area contributed by atoms with Crippen LogP contribution in [0.4, 0.5) is 17.6 Å². The van der Waals surface area contributed by atoms with Crippen LogP contribution in [-0.2, 0) is 4.79 Å². The lowest BCUT2D eigenvalue weighted by Crippen LogP contribution is -2.38. The van der Waals surface area contributed by atoms with E-state index in [9.17, 15) is 22.4 Å². The zero-order chi connectivity index (χ0) is 14.2. The molecule has 0 saturated carbocycles. The lowest BCUT2D eigenvalue weighted by Gasteiger charge is -2.25. The molecule has 1 aliphatic heterocycles. The van der Waals surface area contributed by atoms with Crippen LogP contribution in [0.5, 0.6) is 0 Å². The van der Waals surface area contributed by atoms with Crippen molar-refractivity contribution in [2.24, 2.45) is 0 Å². The largest absolute Gasteiger partial charge is 0.406 e. The molecule has 1 N–H and O–H groups in total. The van der Waals surface area contributed by atoms with Crippen molar-refractivity contribution >= 4 is 5.91 Å². The summed E-state index contributed by atoms with van der Waals surface area (Å²) in [6.07, 6.45) is -5.45. The Hall–Kier alpha value is -1.63. The van der Waals surface area contributed by atoms with Crippen LogP contribution < -0.4 is 5.32 Å². The van der Waals surface area contributed by atoms with Gasteiger partial charge in [0.15, 0.2) is 0 Å². The summed E-state index contributed by atoms with van der Waals surface area (Å²) in [5.74, 6) is -1.20. The van der Waals surface area contributed by atoms with Crippen molar-refractivity contribution in [3.8, 4) is 0 Å². The summed E-state index contributed by atoms with van der Waals surface area (Å²) >= 11 is 0. The zero-order valence-corrected chi connectivity index (χ0v) is 10.0. The number of hydrogen-bond donors (Lipinski definition) is 1. The third-order valence-electron chi connectivity index (χ3n) is 2.89. The lowest BCUT2D eigenvalue weighted by atomic mass is 10.1. The lowest BCUT2D eigenvalue weighted by molar-refractivity contribution is -0.161. The van der Waals surface area contributed by atoms with Crippen molar-refractivity contribution in [2.75, 3.05) is 6.54 Å². The summed E-state index contributed by atoms with van der Waals surface area (Å²) in [6.45, 7) is 0.120. The molecule has 0 aromatic heterocycles. The third kappa shape index (κ3) is 3.04. The Morgan fingerprint density at radius 2 is 2.05 bits per heavy atom. The quantitative estimate of drug-likeness (QED) is 0.840. The fraction of sp³-hybridized carbons (Fsp3) is 0.417. The number of amides is 1. The van der Waals surface area contributed by atoms with Gasteiger partial charge in [0, 0.05) is 0 Å². The minimum atomic E-state index is -4.49. The van der Waals surface area contributed by atoms with E-state index in [1.807, 2.05) is 0 Å². The van der Waals surface area contributed by atoms with Crippen LogP contribution in [0.3, 0.4) is 0 Å². The van der Waals surface area contributed by atoms with Gasteiger partial charge in [-0.3, -0.25) is 10.1 Å². The van der Waals surface area contributed by atoms with Gasteiger partial charge in [0.25, 0.3) is 0 Å². The van der Waals surface area contributed by atoms with Gasteiger partial charge in [0.2, 0.25) is 5.91 Å². The number of hydrogen-bond acceptors (Lipinski definition) is 2. The van der Waals surface area contributed by atoms with Gasteiger partial charge in [-0.1, -0.05) is 12.1 Å². The number of rotatable bonds is 2. The molecule has 1 aromatic carbocycles. The topological polar surface area (TPSA) is 32.3 Å². The third-order valence-corrected chi connectivity index (χ3v) is 2.89. The molecule has 2 unspecified atom stereocenters. The Labute approximate surface area is 107 Å². The van der Waals surface area contributed by atoms with Gasteiger partial charge in [-0.25, -0.2) is 4.39 Å². The fourth-order valence-electron chi connectivity index (χ4n) is 2.09. The molecule has 0 aliphatic carbocycles. The number of carbonyl (C=O) groups is 1. The highest BCUT2D eigenvalue weighted by Gasteiger charge is 2.43. The van der Waals surface area contributed by atoms with Gasteiger partial charge in [0.1, 0.15) is 18.5 Å². The summed E-state index contributed by atoms with van der Waals surface area (Å²) in [4.78, 5) is 12.4. The van der Waals surface area contributed by atoms with Crippen LogP contribution in [0, 0.1) is 5.82 Å². The second-order valence-electron chi connectivity index (χ2n) is 4.43. The highest BCUT2D eigenvalue weighted by Crippen LogP contribution is 2.29. The zero-order valence-electron chi connectivity index (χ0n) is 10.0. The maximum Gasteiger partial charge on any atom is 0.406 e. The molecule has 1 aromatic rings. The second kappa shape index (κ2) is 4.80. The highest BCUT2D eigenvalue weighted by molar-refractivity contribution is 5.84. The standard InChI is InChI=1S/C12H12F4N2O/c1-7-11(19)18(6-12(14,15)16)10(17-7)8-3-2-4-9(13)5-8/h2-5,7,10,17H,6H2,1H3. The number of benzene rings is 1. The SMILES string of the molecule is CC1NC(c2cccc(F)c2)N(CC(F)(F)F)C1=O. The molecule has 1 fully saturated rings. The molecule has 2 rings (SSSR count). The molecule has 1 aliphatic rings. The first kappa shape index (κ1) is 13.8. The Kier molecular flexibility index (Phi) is 3.49. The molecule has 1 heterocycles. The fourth-order valence-corrected chi connectivity index (χ4v) is 2.09. The Morgan fingerprint density at radius 1 is 1.37 bits per heavy atom. The van der Waals surface area contributed by atoms with Gasteiger partial charge in [0.05, 0.1) is 6.04 Å².